The van der Waals surface area contributed by atoms with E-state index >= 15 is 0 Å². The number of aliphatic hydroxyl groups is 1. The summed E-state index contributed by atoms with van der Waals surface area (Å²) in [4.78, 5) is 45.4. The minimum absolute atomic E-state index is 0.359. The highest BCUT2D eigenvalue weighted by atomic mass is 16.6. The fourth-order valence-electron chi connectivity index (χ4n) is 2.07. The van der Waals surface area contributed by atoms with E-state index in [1.54, 1.807) is 0 Å². The normalized spacial score (nSPS) is 15.6. The summed E-state index contributed by atoms with van der Waals surface area (Å²) in [6.45, 7) is 5.63. The molecule has 9 heteroatoms. The second-order valence-electron chi connectivity index (χ2n) is 5.15. The van der Waals surface area contributed by atoms with Crippen LogP contribution in [-0.4, -0.2) is 60.0 Å². The van der Waals surface area contributed by atoms with Crippen molar-refractivity contribution in [2.45, 2.75) is 59.0 Å². The zero-order valence-corrected chi connectivity index (χ0v) is 14.9. The fourth-order valence-corrected chi connectivity index (χ4v) is 2.07. The first-order chi connectivity index (χ1) is 11.6. The number of ether oxygens (including phenoxy) is 4. The van der Waals surface area contributed by atoms with E-state index in [0.29, 0.717) is 0 Å². The molecule has 0 saturated heterocycles. The maximum atomic E-state index is 11.5. The van der Waals surface area contributed by atoms with Crippen molar-refractivity contribution in [3.63, 3.8) is 0 Å². The molecule has 0 spiro atoms. The first kappa shape index (κ1) is 22.6. The van der Waals surface area contributed by atoms with E-state index in [0.717, 1.165) is 27.7 Å². The molecule has 25 heavy (non-hydrogen) atoms. The summed E-state index contributed by atoms with van der Waals surface area (Å²) >= 11 is 0. The van der Waals surface area contributed by atoms with Crippen molar-refractivity contribution in [3.05, 3.63) is 12.2 Å². The van der Waals surface area contributed by atoms with E-state index in [-0.39, 0.29) is 6.61 Å². The zero-order valence-electron chi connectivity index (χ0n) is 14.9. The molecule has 142 valence electrons. The predicted octanol–water partition coefficient (Wildman–Crippen LogP) is 0.282. The smallest absolute Gasteiger partial charge is 0.303 e. The van der Waals surface area contributed by atoms with Crippen LogP contribution in [0, 0.1) is 0 Å². The summed E-state index contributed by atoms with van der Waals surface area (Å²) in [5.41, 5.74) is 0. The molecule has 0 bridgehead atoms. The number of aliphatic hydroxyl groups excluding tert-OH is 1. The molecule has 0 aromatic rings. The average Bonchev–Trinajstić information content (AvgIpc) is 2.45. The fraction of sp³-hybridized carbons (Fsp3) is 0.625. The highest BCUT2D eigenvalue weighted by Crippen LogP contribution is 2.20. The lowest BCUT2D eigenvalue weighted by Crippen LogP contribution is -2.50. The minimum atomic E-state index is -1.29. The number of esters is 4. The Morgan fingerprint density at radius 3 is 1.64 bits per heavy atom. The highest BCUT2D eigenvalue weighted by Gasteiger charge is 2.40. The zero-order chi connectivity index (χ0) is 19.6. The number of hydrogen-bond acceptors (Lipinski definition) is 9. The van der Waals surface area contributed by atoms with E-state index in [9.17, 15) is 19.2 Å². The van der Waals surface area contributed by atoms with Gasteiger partial charge in [-0.3, -0.25) is 19.2 Å². The van der Waals surface area contributed by atoms with Gasteiger partial charge in [-0.1, -0.05) is 6.08 Å². The van der Waals surface area contributed by atoms with Crippen molar-refractivity contribution >= 4 is 23.9 Å². The molecular formula is C16H24O9. The van der Waals surface area contributed by atoms with E-state index < -0.39 is 48.3 Å². The van der Waals surface area contributed by atoms with Crippen LogP contribution in [0.25, 0.3) is 0 Å². The van der Waals surface area contributed by atoms with E-state index in [4.69, 9.17) is 24.1 Å². The van der Waals surface area contributed by atoms with Gasteiger partial charge in [-0.15, -0.1) is 0 Å². The van der Waals surface area contributed by atoms with Gasteiger partial charge in [-0.2, -0.15) is 0 Å². The van der Waals surface area contributed by atoms with Gasteiger partial charge >= 0.3 is 23.9 Å². The topological polar surface area (TPSA) is 125 Å². The van der Waals surface area contributed by atoms with Crippen LogP contribution < -0.4 is 0 Å². The van der Waals surface area contributed by atoms with Gasteiger partial charge in [0, 0.05) is 27.7 Å². The van der Waals surface area contributed by atoms with Crippen LogP contribution in [0.2, 0.25) is 0 Å². The van der Waals surface area contributed by atoms with Crippen LogP contribution in [0.15, 0.2) is 12.2 Å². The highest BCUT2D eigenvalue weighted by molar-refractivity contribution is 5.69. The lowest BCUT2D eigenvalue weighted by atomic mass is 10.0. The standard InChI is InChI=1S/C16H24O9/c1-9(22-10(2)18)15(24-12(4)20)16(25-13(5)21)14(7-6-8-17)23-11(3)19/h6-7,9,14-17H,8H2,1-5H3/b7-6-/t9-,14-,15-,16-/m0/s1. The molecule has 9 nitrogen and oxygen atoms in total. The molecule has 0 heterocycles. The lowest BCUT2D eigenvalue weighted by Gasteiger charge is -2.33. The van der Waals surface area contributed by atoms with Crippen molar-refractivity contribution in [3.8, 4) is 0 Å². The summed E-state index contributed by atoms with van der Waals surface area (Å²) in [5, 5.41) is 8.94. The van der Waals surface area contributed by atoms with Crippen molar-refractivity contribution in [1.82, 2.24) is 0 Å². The maximum absolute atomic E-state index is 11.5. The summed E-state index contributed by atoms with van der Waals surface area (Å²) in [6.07, 6.45) is -2.14. The van der Waals surface area contributed by atoms with Crippen molar-refractivity contribution in [2.24, 2.45) is 0 Å². The molecule has 0 fully saturated rings. The molecule has 0 aromatic heterocycles. The Balaban J connectivity index is 5.83. The van der Waals surface area contributed by atoms with Crippen molar-refractivity contribution in [1.29, 1.82) is 0 Å². The molecule has 0 rings (SSSR count). The van der Waals surface area contributed by atoms with Crippen LogP contribution in [0.5, 0.6) is 0 Å². The van der Waals surface area contributed by atoms with Crippen molar-refractivity contribution < 1.29 is 43.2 Å². The second kappa shape index (κ2) is 11.2. The van der Waals surface area contributed by atoms with Crippen molar-refractivity contribution in [2.75, 3.05) is 6.61 Å². The van der Waals surface area contributed by atoms with Gasteiger partial charge in [-0.05, 0) is 13.0 Å². The van der Waals surface area contributed by atoms with Gasteiger partial charge in [0.15, 0.2) is 18.3 Å². The van der Waals surface area contributed by atoms with Crippen LogP contribution in [0.1, 0.15) is 34.6 Å². The Morgan fingerprint density at radius 2 is 1.24 bits per heavy atom. The number of rotatable bonds is 9. The Morgan fingerprint density at radius 1 is 0.800 bits per heavy atom. The molecule has 0 aliphatic carbocycles. The summed E-state index contributed by atoms with van der Waals surface area (Å²) < 4.78 is 20.4. The number of carbonyl (C=O) groups excluding carboxylic acids is 4. The SMILES string of the molecule is CC(=O)O[C@H]([C@@H](OC(C)=O)[C@H](/C=C\CO)OC(C)=O)[C@H](C)OC(C)=O. The van der Waals surface area contributed by atoms with Gasteiger partial charge < -0.3 is 24.1 Å². The Hall–Kier alpha value is -2.42. The number of hydrogen-bond donors (Lipinski definition) is 1. The molecule has 0 aliphatic heterocycles. The van der Waals surface area contributed by atoms with Crippen LogP contribution >= 0.6 is 0 Å². The molecular weight excluding hydrogens is 336 g/mol. The molecule has 1 N–H and O–H groups in total. The summed E-state index contributed by atoms with van der Waals surface area (Å²) in [6, 6.07) is 0. The van der Waals surface area contributed by atoms with Crippen LogP contribution in [-0.2, 0) is 38.1 Å². The second-order valence-corrected chi connectivity index (χ2v) is 5.15. The van der Waals surface area contributed by atoms with E-state index in [1.165, 1.54) is 19.1 Å². The third-order valence-electron chi connectivity index (χ3n) is 2.80. The van der Waals surface area contributed by atoms with Gasteiger partial charge in [-0.25, -0.2) is 0 Å². The van der Waals surface area contributed by atoms with E-state index in [1.807, 2.05) is 0 Å². The monoisotopic (exact) mass is 360 g/mol. The van der Waals surface area contributed by atoms with Gasteiger partial charge in [0.1, 0.15) is 6.10 Å². The molecule has 0 aliphatic rings. The first-order valence-electron chi connectivity index (χ1n) is 7.54. The van der Waals surface area contributed by atoms with E-state index in [2.05, 4.69) is 0 Å². The summed E-state index contributed by atoms with van der Waals surface area (Å²) in [5.74, 6) is -2.77. The third kappa shape index (κ3) is 9.46. The first-order valence-corrected chi connectivity index (χ1v) is 7.54. The molecule has 0 saturated carbocycles. The van der Waals surface area contributed by atoms with Gasteiger partial charge in [0.05, 0.1) is 6.61 Å². The molecule has 0 radical (unpaired) electrons. The Kier molecular flexibility index (Phi) is 10.1. The maximum Gasteiger partial charge on any atom is 0.303 e. The van der Waals surface area contributed by atoms with Crippen LogP contribution in [0.3, 0.4) is 0 Å². The largest absolute Gasteiger partial charge is 0.459 e. The third-order valence-corrected chi connectivity index (χ3v) is 2.80. The minimum Gasteiger partial charge on any atom is -0.459 e. The Bertz CT molecular complexity index is 512. The average molecular weight is 360 g/mol. The van der Waals surface area contributed by atoms with Gasteiger partial charge in [0.2, 0.25) is 0 Å². The van der Waals surface area contributed by atoms with Gasteiger partial charge in [0.25, 0.3) is 0 Å². The molecule has 4 atom stereocenters. The molecule has 0 aromatic carbocycles. The molecule has 0 unspecified atom stereocenters. The number of carbonyl (C=O) groups is 4. The van der Waals surface area contributed by atoms with Crippen LogP contribution in [0.4, 0.5) is 0 Å². The Labute approximate surface area is 145 Å². The predicted molar refractivity (Wildman–Crippen MR) is 84.1 cm³/mol. The summed E-state index contributed by atoms with van der Waals surface area (Å²) in [7, 11) is 0. The molecule has 0 amide bonds. The quantitative estimate of drug-likeness (QED) is 0.350. The lowest BCUT2D eigenvalue weighted by molar-refractivity contribution is -0.193.